The highest BCUT2D eigenvalue weighted by Gasteiger charge is 2.32. The van der Waals surface area contributed by atoms with Gasteiger partial charge in [0.25, 0.3) is 0 Å². The maximum absolute atomic E-state index is 12.4. The maximum Gasteiger partial charge on any atom is 0.226 e. The number of hydrogen-bond acceptors (Lipinski definition) is 2. The first kappa shape index (κ1) is 41.4. The maximum atomic E-state index is 12.4. The molecule has 2 saturated heterocycles. The summed E-state index contributed by atoms with van der Waals surface area (Å²) in [4.78, 5) is 28.7. The second-order valence-electron chi connectivity index (χ2n) is 14.2. The minimum absolute atomic E-state index is 0. The van der Waals surface area contributed by atoms with E-state index in [4.69, 9.17) is 0 Å². The molecule has 0 N–H and O–H groups in total. The third-order valence-corrected chi connectivity index (χ3v) is 9.42. The van der Waals surface area contributed by atoms with Crippen LogP contribution in [0.4, 0.5) is 0 Å². The first-order chi connectivity index (χ1) is 19.2. The Hall–Kier alpha value is -0.560. The third-order valence-electron chi connectivity index (χ3n) is 9.42. The Balaban J connectivity index is 0.00000840. The second kappa shape index (κ2) is 23.8. The van der Waals surface area contributed by atoms with E-state index in [-0.39, 0.29) is 24.8 Å². The van der Waals surface area contributed by atoms with E-state index < -0.39 is 0 Å². The van der Waals surface area contributed by atoms with Gasteiger partial charge in [0.05, 0.1) is 40.8 Å². The Bertz CT molecular complexity index is 709. The normalized spacial score (nSPS) is 17.0. The fourth-order valence-corrected chi connectivity index (χ4v) is 6.83. The fourth-order valence-electron chi connectivity index (χ4n) is 6.83. The summed E-state index contributed by atoms with van der Waals surface area (Å²) in [5, 5.41) is 0. The smallest absolute Gasteiger partial charge is 0.226 e. The van der Waals surface area contributed by atoms with Gasteiger partial charge in [0.15, 0.2) is 13.3 Å². The van der Waals surface area contributed by atoms with Crippen LogP contribution in [0.1, 0.15) is 142 Å². The van der Waals surface area contributed by atoms with Gasteiger partial charge in [-0.25, -0.2) is 0 Å². The highest BCUT2D eigenvalue weighted by atomic mass is 35.5. The lowest BCUT2D eigenvalue weighted by molar-refractivity contribution is -0.929. The quantitative estimate of drug-likeness (QED) is 0.112. The number of rotatable bonds is 25. The molecule has 6 nitrogen and oxygen atoms in total. The molecule has 42 heavy (non-hydrogen) atoms. The predicted molar refractivity (Wildman–Crippen MR) is 169 cm³/mol. The molecule has 2 aliphatic rings. The standard InChI is InChI=1S/C34H68N4O2.2ClH/c1-5-6-7-8-9-10-11-12-13-14-15-16-17-18-19-20-29-38(4,32-36-27-22-25-34(36)40)30-23-28-37(2,3)31-35-26-21-24-33(35)39;;/h5-32H2,1-4H3;2*1H/q+2;;/p-2. The zero-order chi connectivity index (χ0) is 29.1. The molecule has 1 atom stereocenters. The van der Waals surface area contributed by atoms with Crippen molar-refractivity contribution in [2.45, 2.75) is 142 Å². The van der Waals surface area contributed by atoms with Crippen LogP contribution < -0.4 is 24.8 Å². The zero-order valence-electron chi connectivity index (χ0n) is 28.2. The molecule has 0 aromatic carbocycles. The summed E-state index contributed by atoms with van der Waals surface area (Å²) in [6.45, 7) is 9.20. The van der Waals surface area contributed by atoms with E-state index in [1.807, 2.05) is 4.90 Å². The van der Waals surface area contributed by atoms with E-state index in [9.17, 15) is 9.59 Å². The van der Waals surface area contributed by atoms with Gasteiger partial charge in [-0.15, -0.1) is 0 Å². The average molecular weight is 636 g/mol. The molecule has 2 amide bonds. The van der Waals surface area contributed by atoms with Crippen molar-refractivity contribution in [3.05, 3.63) is 0 Å². The number of amides is 2. The summed E-state index contributed by atoms with van der Waals surface area (Å²) in [6, 6.07) is 0. The van der Waals surface area contributed by atoms with Crippen molar-refractivity contribution in [2.75, 3.05) is 67.2 Å². The third kappa shape index (κ3) is 18.3. The number of halogens is 2. The number of carbonyl (C=O) groups excluding carboxylic acids is 2. The molecule has 0 saturated carbocycles. The first-order valence-electron chi connectivity index (χ1n) is 17.5. The number of quaternary nitrogens is 2. The molecular formula is C34H68Cl2N4O2. The largest absolute Gasteiger partial charge is 1.00 e. The molecule has 2 fully saturated rings. The van der Waals surface area contributed by atoms with Gasteiger partial charge in [0.1, 0.15) is 0 Å². The number of unbranched alkanes of at least 4 members (excludes halogenated alkanes) is 15. The topological polar surface area (TPSA) is 40.6 Å². The minimum Gasteiger partial charge on any atom is -1.00 e. The minimum atomic E-state index is 0. The summed E-state index contributed by atoms with van der Waals surface area (Å²) in [7, 11) is 6.89. The Morgan fingerprint density at radius 2 is 0.905 bits per heavy atom. The van der Waals surface area contributed by atoms with Crippen LogP contribution >= 0.6 is 0 Å². The van der Waals surface area contributed by atoms with Crippen molar-refractivity contribution < 1.29 is 43.4 Å². The van der Waals surface area contributed by atoms with Crippen molar-refractivity contribution in [3.63, 3.8) is 0 Å². The van der Waals surface area contributed by atoms with Crippen LogP contribution in [0.5, 0.6) is 0 Å². The molecule has 2 heterocycles. The highest BCUT2D eigenvalue weighted by molar-refractivity contribution is 5.78. The Labute approximate surface area is 273 Å². The summed E-state index contributed by atoms with van der Waals surface area (Å²) >= 11 is 0. The van der Waals surface area contributed by atoms with Gasteiger partial charge in [-0.05, 0) is 25.7 Å². The zero-order valence-corrected chi connectivity index (χ0v) is 29.7. The number of likely N-dealkylation sites (tertiary alicyclic amines) is 2. The molecule has 1 unspecified atom stereocenters. The van der Waals surface area contributed by atoms with E-state index in [0.29, 0.717) is 11.8 Å². The predicted octanol–water partition coefficient (Wildman–Crippen LogP) is 1.33. The SMILES string of the molecule is CCCCCCCCCCCCCCCCCC[N+](C)(CCC[N+](C)(C)CN1CCCC1=O)CN1CCCC1=O.[Cl-].[Cl-]. The van der Waals surface area contributed by atoms with Crippen LogP contribution in [-0.4, -0.2) is 97.8 Å². The number of hydrogen-bond donors (Lipinski definition) is 0. The van der Waals surface area contributed by atoms with Crippen LogP contribution in [0, 0.1) is 0 Å². The van der Waals surface area contributed by atoms with Crippen LogP contribution in [0.2, 0.25) is 0 Å². The van der Waals surface area contributed by atoms with Crippen LogP contribution in [0.25, 0.3) is 0 Å². The second-order valence-corrected chi connectivity index (χ2v) is 14.2. The Morgan fingerprint density at radius 3 is 1.31 bits per heavy atom. The van der Waals surface area contributed by atoms with Gasteiger partial charge < -0.3 is 33.8 Å². The summed E-state index contributed by atoms with van der Waals surface area (Å²) < 4.78 is 1.85. The highest BCUT2D eigenvalue weighted by Crippen LogP contribution is 2.19. The summed E-state index contributed by atoms with van der Waals surface area (Å²) in [5.41, 5.74) is 0. The molecule has 0 radical (unpaired) electrons. The van der Waals surface area contributed by atoms with Gasteiger partial charge in [-0.3, -0.25) is 19.4 Å². The molecule has 0 aliphatic carbocycles. The molecule has 0 spiro atoms. The van der Waals surface area contributed by atoms with E-state index in [1.165, 1.54) is 109 Å². The number of carbonyl (C=O) groups is 2. The molecule has 0 aromatic heterocycles. The molecule has 8 heteroatoms. The van der Waals surface area contributed by atoms with E-state index >= 15 is 0 Å². The average Bonchev–Trinajstić information content (AvgIpc) is 3.50. The Kier molecular flexibility index (Phi) is 23.5. The van der Waals surface area contributed by atoms with Gasteiger partial charge in [-0.2, -0.15) is 0 Å². The van der Waals surface area contributed by atoms with E-state index in [0.717, 1.165) is 80.6 Å². The van der Waals surface area contributed by atoms with Crippen molar-refractivity contribution in [1.82, 2.24) is 9.80 Å². The molecule has 2 aliphatic heterocycles. The van der Waals surface area contributed by atoms with Crippen molar-refractivity contribution in [3.8, 4) is 0 Å². The molecule has 250 valence electrons. The molecule has 0 bridgehead atoms. The number of nitrogens with zero attached hydrogens (tertiary/aromatic N) is 4. The van der Waals surface area contributed by atoms with E-state index in [1.54, 1.807) is 0 Å². The van der Waals surface area contributed by atoms with Gasteiger partial charge >= 0.3 is 0 Å². The molecular weight excluding hydrogens is 567 g/mol. The summed E-state index contributed by atoms with van der Waals surface area (Å²) in [5.74, 6) is 0.669. The van der Waals surface area contributed by atoms with Crippen LogP contribution in [-0.2, 0) is 9.59 Å². The van der Waals surface area contributed by atoms with Crippen molar-refractivity contribution >= 4 is 11.8 Å². The van der Waals surface area contributed by atoms with E-state index in [2.05, 4.69) is 33.0 Å². The molecule has 0 aromatic rings. The van der Waals surface area contributed by atoms with Crippen molar-refractivity contribution in [2.24, 2.45) is 0 Å². The summed E-state index contributed by atoms with van der Waals surface area (Å²) in [6.07, 6.45) is 27.0. The fraction of sp³-hybridized carbons (Fsp3) is 0.941. The monoisotopic (exact) mass is 634 g/mol. The van der Waals surface area contributed by atoms with Crippen LogP contribution in [0.3, 0.4) is 0 Å². The Morgan fingerprint density at radius 1 is 0.524 bits per heavy atom. The van der Waals surface area contributed by atoms with Gasteiger partial charge in [-0.1, -0.05) is 96.8 Å². The lowest BCUT2D eigenvalue weighted by Gasteiger charge is -2.39. The van der Waals surface area contributed by atoms with Gasteiger partial charge in [0, 0.05) is 32.4 Å². The first-order valence-corrected chi connectivity index (χ1v) is 17.5. The molecule has 2 rings (SSSR count). The lowest BCUT2D eigenvalue weighted by Crippen LogP contribution is -3.00. The van der Waals surface area contributed by atoms with Crippen LogP contribution in [0.15, 0.2) is 0 Å². The lowest BCUT2D eigenvalue weighted by atomic mass is 10.0. The van der Waals surface area contributed by atoms with Crippen molar-refractivity contribution in [1.29, 1.82) is 0 Å². The van der Waals surface area contributed by atoms with Gasteiger partial charge in [0.2, 0.25) is 11.8 Å².